The Bertz CT molecular complexity index is 1120. The highest BCUT2D eigenvalue weighted by atomic mass is 19.3. The highest BCUT2D eigenvalue weighted by molar-refractivity contribution is 5.89. The number of carboxylic acid groups (broad SMARTS) is 1. The zero-order valence-corrected chi connectivity index (χ0v) is 18.0. The van der Waals surface area contributed by atoms with Gasteiger partial charge in [-0.25, -0.2) is 4.79 Å². The highest BCUT2D eigenvalue weighted by Crippen LogP contribution is 2.51. The van der Waals surface area contributed by atoms with Crippen molar-refractivity contribution in [2.75, 3.05) is 18.5 Å². The van der Waals surface area contributed by atoms with Crippen molar-refractivity contribution in [3.8, 4) is 17.0 Å². The van der Waals surface area contributed by atoms with Gasteiger partial charge in [-0.1, -0.05) is 20.8 Å². The van der Waals surface area contributed by atoms with Crippen molar-refractivity contribution in [1.82, 2.24) is 4.98 Å². The maximum atomic E-state index is 13.2. The molecular formula is C23H26F2N2O4. The van der Waals surface area contributed by atoms with Crippen LogP contribution in [0.15, 0.2) is 16.9 Å². The lowest BCUT2D eigenvalue weighted by molar-refractivity contribution is -0.0495. The van der Waals surface area contributed by atoms with Gasteiger partial charge in [-0.05, 0) is 59.4 Å². The van der Waals surface area contributed by atoms with Crippen molar-refractivity contribution in [3.63, 3.8) is 0 Å². The predicted molar refractivity (Wildman–Crippen MR) is 114 cm³/mol. The summed E-state index contributed by atoms with van der Waals surface area (Å²) >= 11 is 0. The minimum Gasteiger partial charge on any atom is -0.477 e. The van der Waals surface area contributed by atoms with Gasteiger partial charge in [0, 0.05) is 19.2 Å². The molecule has 8 heteroatoms. The first-order valence-electron chi connectivity index (χ1n) is 10.3. The Morgan fingerprint density at radius 3 is 2.61 bits per heavy atom. The molecule has 2 heterocycles. The van der Waals surface area contributed by atoms with E-state index in [0.717, 1.165) is 30.5 Å². The first-order valence-corrected chi connectivity index (χ1v) is 10.3. The molecule has 0 saturated carbocycles. The normalized spacial score (nSPS) is 17.8. The molecule has 0 radical (unpaired) electrons. The Balaban J connectivity index is 2.05. The number of ether oxygens (including phenoxy) is 1. The quantitative estimate of drug-likeness (QED) is 0.751. The van der Waals surface area contributed by atoms with Gasteiger partial charge in [0.15, 0.2) is 0 Å². The van der Waals surface area contributed by atoms with Crippen LogP contribution >= 0.6 is 0 Å². The number of fused-ring (bicyclic) bond motifs is 5. The van der Waals surface area contributed by atoms with Crippen LogP contribution in [0.4, 0.5) is 14.5 Å². The van der Waals surface area contributed by atoms with E-state index in [0.29, 0.717) is 28.9 Å². The number of anilines is 1. The fourth-order valence-electron chi connectivity index (χ4n) is 4.96. The molecule has 166 valence electrons. The second-order valence-electron chi connectivity index (χ2n) is 9.40. The maximum absolute atomic E-state index is 13.2. The third-order valence-corrected chi connectivity index (χ3v) is 6.40. The Labute approximate surface area is 178 Å². The van der Waals surface area contributed by atoms with Crippen LogP contribution in [0.1, 0.15) is 60.2 Å². The molecule has 0 saturated heterocycles. The Morgan fingerprint density at radius 2 is 2.00 bits per heavy atom. The summed E-state index contributed by atoms with van der Waals surface area (Å²) in [5, 5.41) is 9.45. The number of aromatic nitrogens is 1. The molecule has 1 aliphatic heterocycles. The van der Waals surface area contributed by atoms with Crippen LogP contribution in [0.5, 0.6) is 5.75 Å². The van der Waals surface area contributed by atoms with Crippen LogP contribution < -0.4 is 15.2 Å². The standard InChI is InChI=1S/C23H26F2N2O4/c1-23(2,3)16-9-12-11-6-5-7-27(4)19(11)17(31-22(24)25)10-13(12)18-14(16)8-15(21(29)30)20(28)26-18/h8,10,16,22H,5-7,9H2,1-4H3,(H,26,28)(H,29,30)/t16-/m1/s1. The van der Waals surface area contributed by atoms with Gasteiger partial charge in [0.2, 0.25) is 0 Å². The van der Waals surface area contributed by atoms with E-state index in [9.17, 15) is 23.5 Å². The van der Waals surface area contributed by atoms with Gasteiger partial charge in [-0.2, -0.15) is 8.78 Å². The van der Waals surface area contributed by atoms with Crippen LogP contribution in [0.25, 0.3) is 11.3 Å². The van der Waals surface area contributed by atoms with Crippen molar-refractivity contribution in [2.45, 2.75) is 52.6 Å². The first kappa shape index (κ1) is 21.3. The van der Waals surface area contributed by atoms with Gasteiger partial charge in [0.25, 0.3) is 5.56 Å². The number of aromatic carboxylic acids is 1. The summed E-state index contributed by atoms with van der Waals surface area (Å²) in [6.07, 6.45) is 2.24. The summed E-state index contributed by atoms with van der Waals surface area (Å²) in [6.45, 7) is 3.99. The van der Waals surface area contributed by atoms with Crippen LogP contribution in [-0.2, 0) is 12.8 Å². The third kappa shape index (κ3) is 3.58. The third-order valence-electron chi connectivity index (χ3n) is 6.40. The molecule has 0 unspecified atom stereocenters. The fraction of sp³-hybridized carbons (Fsp3) is 0.478. The van der Waals surface area contributed by atoms with Crippen molar-refractivity contribution in [1.29, 1.82) is 0 Å². The molecule has 0 bridgehead atoms. The molecule has 2 N–H and O–H groups in total. The Morgan fingerprint density at radius 1 is 1.29 bits per heavy atom. The molecule has 1 aromatic heterocycles. The predicted octanol–water partition coefficient (Wildman–Crippen LogP) is 4.41. The molecule has 6 nitrogen and oxygen atoms in total. The summed E-state index contributed by atoms with van der Waals surface area (Å²) in [5.41, 5.74) is 3.23. The van der Waals surface area contributed by atoms with Gasteiger partial charge < -0.3 is 19.7 Å². The smallest absolute Gasteiger partial charge is 0.387 e. The van der Waals surface area contributed by atoms with E-state index < -0.39 is 18.1 Å². The monoisotopic (exact) mass is 432 g/mol. The topological polar surface area (TPSA) is 82.6 Å². The number of nitrogens with one attached hydrogen (secondary N) is 1. The molecule has 4 rings (SSSR count). The van der Waals surface area contributed by atoms with Gasteiger partial charge in [0.05, 0.1) is 11.4 Å². The number of hydrogen-bond donors (Lipinski definition) is 2. The lowest BCUT2D eigenvalue weighted by atomic mass is 9.67. The zero-order valence-electron chi connectivity index (χ0n) is 18.0. The largest absolute Gasteiger partial charge is 0.477 e. The summed E-state index contributed by atoms with van der Waals surface area (Å²) in [6, 6.07) is 3.00. The lowest BCUT2D eigenvalue weighted by Gasteiger charge is -2.40. The number of carboxylic acids is 1. The number of hydrogen-bond acceptors (Lipinski definition) is 4. The molecule has 0 fully saturated rings. The zero-order chi connectivity index (χ0) is 22.7. The maximum Gasteiger partial charge on any atom is 0.387 e. The van der Waals surface area contributed by atoms with E-state index in [2.05, 4.69) is 25.8 Å². The average molecular weight is 432 g/mol. The number of H-pyrrole nitrogens is 1. The number of alkyl halides is 2. The SMILES string of the molecule is CN1CCCc2c3c(cc(OC(F)F)c21)-c1[nH]c(=O)c(C(=O)O)cc1[C@H](C(C)(C)C)C3. The molecule has 1 atom stereocenters. The van der Waals surface area contributed by atoms with Crippen molar-refractivity contribution in [3.05, 3.63) is 44.7 Å². The summed E-state index contributed by atoms with van der Waals surface area (Å²) in [4.78, 5) is 28.8. The van der Waals surface area contributed by atoms with E-state index in [1.807, 2.05) is 11.9 Å². The van der Waals surface area contributed by atoms with Crippen molar-refractivity contribution < 1.29 is 23.4 Å². The van der Waals surface area contributed by atoms with E-state index in [1.54, 1.807) is 6.07 Å². The molecule has 1 aromatic carbocycles. The first-order chi connectivity index (χ1) is 14.5. The molecule has 0 amide bonds. The van der Waals surface area contributed by atoms with Crippen LogP contribution in [-0.4, -0.2) is 36.3 Å². The van der Waals surface area contributed by atoms with Crippen LogP contribution in [0.2, 0.25) is 0 Å². The number of rotatable bonds is 3. The number of benzene rings is 1. The average Bonchev–Trinajstić information content (AvgIpc) is 2.65. The number of nitrogens with zero attached hydrogens (tertiary/aromatic N) is 1. The lowest BCUT2D eigenvalue weighted by Crippen LogP contribution is -2.31. The molecular weight excluding hydrogens is 406 g/mol. The number of halogens is 2. The van der Waals surface area contributed by atoms with Crippen LogP contribution in [0.3, 0.4) is 0 Å². The summed E-state index contributed by atoms with van der Waals surface area (Å²) in [7, 11) is 1.86. The second kappa shape index (κ2) is 7.35. The van der Waals surface area contributed by atoms with Gasteiger partial charge >= 0.3 is 12.6 Å². The molecule has 2 aliphatic rings. The fourth-order valence-corrected chi connectivity index (χ4v) is 4.96. The van der Waals surface area contributed by atoms with E-state index in [-0.39, 0.29) is 22.6 Å². The van der Waals surface area contributed by atoms with Crippen molar-refractivity contribution in [2.24, 2.45) is 5.41 Å². The minimum absolute atomic E-state index is 0.0526. The molecule has 31 heavy (non-hydrogen) atoms. The van der Waals surface area contributed by atoms with E-state index in [4.69, 9.17) is 4.74 Å². The van der Waals surface area contributed by atoms with Gasteiger partial charge in [-0.15, -0.1) is 0 Å². The van der Waals surface area contributed by atoms with Gasteiger partial charge in [-0.3, -0.25) is 4.79 Å². The number of pyridine rings is 1. The second-order valence-corrected chi connectivity index (χ2v) is 9.40. The summed E-state index contributed by atoms with van der Waals surface area (Å²) < 4.78 is 31.3. The molecule has 2 aromatic rings. The molecule has 0 spiro atoms. The number of carbonyl (C=O) groups is 1. The van der Waals surface area contributed by atoms with E-state index in [1.165, 1.54) is 6.07 Å². The van der Waals surface area contributed by atoms with Gasteiger partial charge in [0.1, 0.15) is 11.3 Å². The number of aromatic amines is 1. The Kier molecular flexibility index (Phi) is 5.06. The highest BCUT2D eigenvalue weighted by Gasteiger charge is 2.38. The minimum atomic E-state index is -2.98. The molecule has 1 aliphatic carbocycles. The van der Waals surface area contributed by atoms with Crippen LogP contribution in [0, 0.1) is 5.41 Å². The summed E-state index contributed by atoms with van der Waals surface area (Å²) in [5.74, 6) is -1.27. The van der Waals surface area contributed by atoms with E-state index >= 15 is 0 Å². The van der Waals surface area contributed by atoms with Crippen molar-refractivity contribution >= 4 is 11.7 Å². The Hall–Kier alpha value is -2.90.